The number of thiophene rings is 1. The molecule has 2 aromatic rings. The lowest BCUT2D eigenvalue weighted by molar-refractivity contribution is -0.0113. The van der Waals surface area contributed by atoms with Crippen molar-refractivity contribution in [2.75, 3.05) is 38.7 Å². The summed E-state index contributed by atoms with van der Waals surface area (Å²) in [6.45, 7) is 1.54. The minimum absolute atomic E-state index is 0.0519. The number of rotatable bonds is 4. The van der Waals surface area contributed by atoms with Gasteiger partial charge in [-0.05, 0) is 49.4 Å². The van der Waals surface area contributed by atoms with Gasteiger partial charge in [0, 0.05) is 24.2 Å². The predicted octanol–water partition coefficient (Wildman–Crippen LogP) is 3.17. The van der Waals surface area contributed by atoms with E-state index in [1.807, 2.05) is 11.9 Å². The molecule has 1 fully saturated rings. The van der Waals surface area contributed by atoms with E-state index in [4.69, 9.17) is 21.1 Å². The molecule has 1 aromatic carbocycles. The van der Waals surface area contributed by atoms with Gasteiger partial charge in [-0.2, -0.15) is 0 Å². The SMILES string of the molecule is CN1CCc2cc(NC(=O)OC3(NC(=O)c4ccc(Cl)s4)CCOC3)ccc2C(=O)C1. The smallest absolute Gasteiger partial charge is 0.413 e. The van der Waals surface area contributed by atoms with Crippen molar-refractivity contribution in [3.8, 4) is 0 Å². The second kappa shape index (κ2) is 8.96. The Morgan fingerprint density at radius 2 is 2.13 bits per heavy atom. The number of amides is 2. The molecule has 4 rings (SSSR count). The van der Waals surface area contributed by atoms with Crippen molar-refractivity contribution < 1.29 is 23.9 Å². The molecule has 2 aliphatic heterocycles. The number of likely N-dealkylation sites (N-methyl/N-ethyl adjacent to an activating group) is 1. The molecule has 2 amide bonds. The predicted molar refractivity (Wildman–Crippen MR) is 117 cm³/mol. The second-order valence-electron chi connectivity index (χ2n) is 7.65. The Morgan fingerprint density at radius 3 is 2.84 bits per heavy atom. The van der Waals surface area contributed by atoms with Crippen molar-refractivity contribution >= 4 is 46.4 Å². The van der Waals surface area contributed by atoms with E-state index in [0.29, 0.717) is 46.5 Å². The van der Waals surface area contributed by atoms with E-state index in [1.165, 1.54) is 0 Å². The van der Waals surface area contributed by atoms with Crippen LogP contribution in [-0.4, -0.2) is 61.8 Å². The van der Waals surface area contributed by atoms with Crippen LogP contribution in [-0.2, 0) is 15.9 Å². The van der Waals surface area contributed by atoms with Crippen LogP contribution in [0.15, 0.2) is 30.3 Å². The van der Waals surface area contributed by atoms with Crippen LogP contribution in [0.4, 0.5) is 10.5 Å². The first-order valence-corrected chi connectivity index (χ1v) is 11.0. The maximum Gasteiger partial charge on any atom is 0.413 e. The van der Waals surface area contributed by atoms with Gasteiger partial charge in [-0.25, -0.2) is 4.79 Å². The number of carbonyl (C=O) groups is 3. The van der Waals surface area contributed by atoms with Crippen molar-refractivity contribution in [2.24, 2.45) is 0 Å². The molecular formula is C21H22ClN3O5S. The first-order chi connectivity index (χ1) is 14.8. The highest BCUT2D eigenvalue weighted by Gasteiger charge is 2.41. The molecule has 0 radical (unpaired) electrons. The highest BCUT2D eigenvalue weighted by atomic mass is 35.5. The Balaban J connectivity index is 1.44. The molecular weight excluding hydrogens is 442 g/mol. The van der Waals surface area contributed by atoms with Crippen LogP contribution < -0.4 is 10.6 Å². The fourth-order valence-corrected chi connectivity index (χ4v) is 4.59. The molecule has 2 aliphatic rings. The van der Waals surface area contributed by atoms with Gasteiger partial charge in [0.2, 0.25) is 5.72 Å². The molecule has 8 nitrogen and oxygen atoms in total. The molecule has 10 heteroatoms. The molecule has 1 aromatic heterocycles. The van der Waals surface area contributed by atoms with E-state index < -0.39 is 11.8 Å². The van der Waals surface area contributed by atoms with Crippen LogP contribution in [0.2, 0.25) is 4.34 Å². The molecule has 1 unspecified atom stereocenters. The molecule has 1 saturated heterocycles. The lowest BCUT2D eigenvalue weighted by Gasteiger charge is -2.28. The van der Waals surface area contributed by atoms with Crippen LogP contribution >= 0.6 is 22.9 Å². The van der Waals surface area contributed by atoms with Gasteiger partial charge in [0.25, 0.3) is 5.91 Å². The van der Waals surface area contributed by atoms with E-state index in [0.717, 1.165) is 23.4 Å². The van der Waals surface area contributed by atoms with Gasteiger partial charge in [-0.3, -0.25) is 19.8 Å². The highest BCUT2D eigenvalue weighted by Crippen LogP contribution is 2.26. The van der Waals surface area contributed by atoms with Gasteiger partial charge in [-0.15, -0.1) is 11.3 Å². The van der Waals surface area contributed by atoms with Gasteiger partial charge in [-0.1, -0.05) is 11.6 Å². The number of carbonyl (C=O) groups excluding carboxylic acids is 3. The molecule has 0 spiro atoms. The standard InChI is InChI=1S/C21H22ClN3O5S/c1-25-8-6-13-10-14(2-3-15(13)16(26)11-25)23-20(28)30-21(7-9-29-12-21)24-19(27)17-4-5-18(22)31-17/h2-5,10H,6-9,11-12H2,1H3,(H,23,28)(H,24,27). The van der Waals surface area contributed by atoms with Gasteiger partial charge in [0.05, 0.1) is 22.4 Å². The zero-order valence-electron chi connectivity index (χ0n) is 16.9. The summed E-state index contributed by atoms with van der Waals surface area (Å²) < 4.78 is 11.5. The number of anilines is 1. The summed E-state index contributed by atoms with van der Waals surface area (Å²) in [5.41, 5.74) is 0.813. The monoisotopic (exact) mass is 463 g/mol. The summed E-state index contributed by atoms with van der Waals surface area (Å²) in [5.74, 6) is -0.328. The van der Waals surface area contributed by atoms with E-state index in [9.17, 15) is 14.4 Å². The van der Waals surface area contributed by atoms with Crippen molar-refractivity contribution in [3.63, 3.8) is 0 Å². The molecule has 2 N–H and O–H groups in total. The number of nitrogens with one attached hydrogen (secondary N) is 2. The summed E-state index contributed by atoms with van der Waals surface area (Å²) in [6.07, 6.45) is 0.322. The first kappa shape index (κ1) is 21.8. The van der Waals surface area contributed by atoms with Crippen LogP contribution in [0.3, 0.4) is 0 Å². The summed E-state index contributed by atoms with van der Waals surface area (Å²) in [7, 11) is 1.90. The summed E-state index contributed by atoms with van der Waals surface area (Å²) in [6, 6.07) is 8.43. The first-order valence-electron chi connectivity index (χ1n) is 9.84. The topological polar surface area (TPSA) is 97.0 Å². The Morgan fingerprint density at radius 1 is 1.29 bits per heavy atom. The fourth-order valence-electron chi connectivity index (χ4n) is 3.65. The lowest BCUT2D eigenvalue weighted by Crippen LogP contribution is -2.52. The fraction of sp³-hybridized carbons (Fsp3) is 0.381. The van der Waals surface area contributed by atoms with Crippen LogP contribution in [0.25, 0.3) is 0 Å². The third kappa shape index (κ3) is 5.07. The molecule has 164 valence electrons. The van der Waals surface area contributed by atoms with Crippen molar-refractivity contribution in [1.82, 2.24) is 10.2 Å². The Labute approximate surface area is 188 Å². The summed E-state index contributed by atoms with van der Waals surface area (Å²) >= 11 is 7.04. The number of Topliss-reactive ketones (excluding diaryl/α,β-unsaturated/α-hetero) is 1. The van der Waals surface area contributed by atoms with Crippen LogP contribution in [0, 0.1) is 0 Å². The number of ketones is 1. The number of ether oxygens (including phenoxy) is 2. The second-order valence-corrected chi connectivity index (χ2v) is 9.37. The number of fused-ring (bicyclic) bond motifs is 1. The minimum Gasteiger partial charge on any atom is -0.420 e. The minimum atomic E-state index is -1.26. The summed E-state index contributed by atoms with van der Waals surface area (Å²) in [4.78, 5) is 39.9. The number of nitrogens with zero attached hydrogens (tertiary/aromatic N) is 1. The molecule has 0 aliphatic carbocycles. The number of hydrogen-bond donors (Lipinski definition) is 2. The maximum absolute atomic E-state index is 12.6. The normalized spacial score (nSPS) is 21.3. The van der Waals surface area contributed by atoms with E-state index in [1.54, 1.807) is 30.3 Å². The average Bonchev–Trinajstić information content (AvgIpc) is 3.32. The van der Waals surface area contributed by atoms with E-state index >= 15 is 0 Å². The van der Waals surface area contributed by atoms with Gasteiger partial charge in [0.15, 0.2) is 5.78 Å². The van der Waals surface area contributed by atoms with Crippen LogP contribution in [0.5, 0.6) is 0 Å². The number of benzene rings is 1. The van der Waals surface area contributed by atoms with Crippen LogP contribution in [0.1, 0.15) is 32.0 Å². The number of hydrogen-bond acceptors (Lipinski definition) is 7. The van der Waals surface area contributed by atoms with Gasteiger partial charge < -0.3 is 14.8 Å². The van der Waals surface area contributed by atoms with Crippen molar-refractivity contribution in [3.05, 3.63) is 50.7 Å². The van der Waals surface area contributed by atoms with E-state index in [2.05, 4.69) is 10.6 Å². The lowest BCUT2D eigenvalue weighted by atomic mass is 10.0. The zero-order chi connectivity index (χ0) is 22.0. The average molecular weight is 464 g/mol. The third-order valence-corrected chi connectivity index (χ3v) is 6.47. The van der Waals surface area contributed by atoms with Gasteiger partial charge in [0.1, 0.15) is 6.61 Å². The molecule has 1 atom stereocenters. The largest absolute Gasteiger partial charge is 0.420 e. The molecule has 0 bridgehead atoms. The zero-order valence-corrected chi connectivity index (χ0v) is 18.5. The highest BCUT2D eigenvalue weighted by molar-refractivity contribution is 7.18. The van der Waals surface area contributed by atoms with Gasteiger partial charge >= 0.3 is 6.09 Å². The van der Waals surface area contributed by atoms with Crippen molar-refractivity contribution in [1.29, 1.82) is 0 Å². The van der Waals surface area contributed by atoms with Crippen molar-refractivity contribution in [2.45, 2.75) is 18.6 Å². The quantitative estimate of drug-likeness (QED) is 0.676. The number of halogens is 1. The van der Waals surface area contributed by atoms with E-state index in [-0.39, 0.29) is 18.3 Å². The molecule has 3 heterocycles. The molecule has 31 heavy (non-hydrogen) atoms. The Hall–Kier alpha value is -2.46. The Kier molecular flexibility index (Phi) is 6.29. The maximum atomic E-state index is 12.6. The Bertz CT molecular complexity index is 1020. The summed E-state index contributed by atoms with van der Waals surface area (Å²) in [5, 5.41) is 5.46. The third-order valence-electron chi connectivity index (χ3n) is 5.24. The molecule has 0 saturated carbocycles.